The minimum atomic E-state index is 0.0882. The van der Waals surface area contributed by atoms with Gasteiger partial charge in [0.05, 0.1) is 12.2 Å². The molecule has 2 aliphatic carbocycles. The van der Waals surface area contributed by atoms with Gasteiger partial charge in [-0.25, -0.2) is 0 Å². The summed E-state index contributed by atoms with van der Waals surface area (Å²) in [7, 11) is 0. The molecular formula is C22H36O4. The number of unbranched alkanes of at least 4 members (excludes halogenated alkanes) is 4. The predicted octanol–water partition coefficient (Wildman–Crippen LogP) is 5.49. The monoisotopic (exact) mass is 364 g/mol. The molecule has 1 N–H and O–H groups in total. The van der Waals surface area contributed by atoms with Crippen LogP contribution in [0.1, 0.15) is 97.3 Å². The van der Waals surface area contributed by atoms with Crippen LogP contribution in [0.3, 0.4) is 0 Å². The molecule has 26 heavy (non-hydrogen) atoms. The first-order chi connectivity index (χ1) is 12.4. The summed E-state index contributed by atoms with van der Waals surface area (Å²) in [5.41, 5.74) is 0. The second kappa shape index (κ2) is 12.8. The van der Waals surface area contributed by atoms with Crippen molar-refractivity contribution in [2.24, 2.45) is 11.8 Å². The van der Waals surface area contributed by atoms with Crippen LogP contribution in [0.25, 0.3) is 0 Å². The Labute approximate surface area is 158 Å². The third kappa shape index (κ3) is 9.88. The average molecular weight is 365 g/mol. The molecule has 1 fully saturated rings. The van der Waals surface area contributed by atoms with Crippen LogP contribution in [0.15, 0.2) is 11.8 Å². The zero-order valence-electron chi connectivity index (χ0n) is 16.6. The fourth-order valence-corrected chi connectivity index (χ4v) is 3.81. The molecule has 0 aliphatic heterocycles. The Balaban J connectivity index is 0.000000260. The second-order valence-electron chi connectivity index (χ2n) is 7.90. The van der Waals surface area contributed by atoms with E-state index >= 15 is 0 Å². The summed E-state index contributed by atoms with van der Waals surface area (Å²) in [4.78, 5) is 33.3. The number of carbonyl (C=O) groups is 3. The van der Waals surface area contributed by atoms with Gasteiger partial charge in [0.25, 0.3) is 0 Å². The summed E-state index contributed by atoms with van der Waals surface area (Å²) in [5.74, 6) is 1.42. The van der Waals surface area contributed by atoms with Crippen molar-refractivity contribution in [3.63, 3.8) is 0 Å². The Kier molecular flexibility index (Phi) is 11.1. The second-order valence-corrected chi connectivity index (χ2v) is 7.90. The first-order valence-electron chi connectivity index (χ1n) is 10.4. The molecule has 0 heterocycles. The maximum Gasteiger partial charge on any atom is 0.159 e. The molecule has 1 unspecified atom stereocenters. The summed E-state index contributed by atoms with van der Waals surface area (Å²) >= 11 is 0. The van der Waals surface area contributed by atoms with Crippen molar-refractivity contribution in [2.75, 3.05) is 0 Å². The lowest BCUT2D eigenvalue weighted by Gasteiger charge is -2.19. The number of aliphatic hydroxyl groups is 1. The highest BCUT2D eigenvalue weighted by Gasteiger charge is 2.24. The van der Waals surface area contributed by atoms with Gasteiger partial charge in [-0.05, 0) is 24.7 Å². The lowest BCUT2D eigenvalue weighted by molar-refractivity contribution is -0.131. The lowest BCUT2D eigenvalue weighted by Crippen LogP contribution is -2.22. The smallest absolute Gasteiger partial charge is 0.159 e. The minimum absolute atomic E-state index is 0.0882. The van der Waals surface area contributed by atoms with Crippen molar-refractivity contribution in [1.29, 1.82) is 0 Å². The average Bonchev–Trinajstić information content (AvgIpc) is 2.54. The number of ketones is 3. The maximum atomic E-state index is 11.1. The fourth-order valence-electron chi connectivity index (χ4n) is 3.81. The quantitative estimate of drug-likeness (QED) is 0.456. The van der Waals surface area contributed by atoms with Crippen LogP contribution in [-0.4, -0.2) is 22.5 Å². The van der Waals surface area contributed by atoms with E-state index in [4.69, 9.17) is 0 Å². The van der Waals surface area contributed by atoms with E-state index in [1.165, 1.54) is 44.6 Å². The highest BCUT2D eigenvalue weighted by molar-refractivity contribution is 6.01. The Morgan fingerprint density at radius 3 is 1.77 bits per heavy atom. The van der Waals surface area contributed by atoms with Crippen LogP contribution >= 0.6 is 0 Å². The van der Waals surface area contributed by atoms with Crippen molar-refractivity contribution in [1.82, 2.24) is 0 Å². The van der Waals surface area contributed by atoms with E-state index in [9.17, 15) is 19.5 Å². The van der Waals surface area contributed by atoms with Crippen molar-refractivity contribution < 1.29 is 19.5 Å². The molecule has 0 aromatic heterocycles. The molecule has 0 amide bonds. The molecule has 0 bridgehead atoms. The van der Waals surface area contributed by atoms with Gasteiger partial charge in [-0.15, -0.1) is 0 Å². The van der Waals surface area contributed by atoms with Gasteiger partial charge in [-0.1, -0.05) is 52.4 Å². The van der Waals surface area contributed by atoms with Gasteiger partial charge >= 0.3 is 0 Å². The summed E-state index contributed by atoms with van der Waals surface area (Å²) in [6.07, 6.45) is 13.6. The topological polar surface area (TPSA) is 71.4 Å². The van der Waals surface area contributed by atoms with Crippen LogP contribution in [0, 0.1) is 11.8 Å². The summed E-state index contributed by atoms with van der Waals surface area (Å²) < 4.78 is 0. The van der Waals surface area contributed by atoms with Gasteiger partial charge in [0.15, 0.2) is 5.78 Å². The predicted molar refractivity (Wildman–Crippen MR) is 104 cm³/mol. The molecule has 1 saturated carbocycles. The molecule has 0 aromatic rings. The van der Waals surface area contributed by atoms with Gasteiger partial charge in [-0.2, -0.15) is 0 Å². The summed E-state index contributed by atoms with van der Waals surface area (Å²) in [6, 6.07) is 0. The van der Waals surface area contributed by atoms with Crippen LogP contribution in [0.2, 0.25) is 0 Å². The summed E-state index contributed by atoms with van der Waals surface area (Å²) in [5, 5.41) is 9.25. The van der Waals surface area contributed by atoms with E-state index in [2.05, 4.69) is 13.8 Å². The largest absolute Gasteiger partial charge is 0.512 e. The zero-order chi connectivity index (χ0) is 19.4. The van der Waals surface area contributed by atoms with Gasteiger partial charge in [0, 0.05) is 31.8 Å². The molecule has 2 rings (SSSR count). The van der Waals surface area contributed by atoms with Crippen molar-refractivity contribution in [3.05, 3.63) is 11.8 Å². The van der Waals surface area contributed by atoms with E-state index in [-0.39, 0.29) is 29.5 Å². The van der Waals surface area contributed by atoms with E-state index in [0.717, 1.165) is 12.8 Å². The molecule has 4 heteroatoms. The normalized spacial score (nSPS) is 21.2. The van der Waals surface area contributed by atoms with Crippen molar-refractivity contribution in [2.45, 2.75) is 97.3 Å². The number of aliphatic hydroxyl groups excluding tert-OH is 1. The Hall–Kier alpha value is -1.45. The molecular weight excluding hydrogens is 328 g/mol. The van der Waals surface area contributed by atoms with E-state index < -0.39 is 0 Å². The molecule has 4 nitrogen and oxygen atoms in total. The number of hydrogen-bond acceptors (Lipinski definition) is 4. The highest BCUT2D eigenvalue weighted by Crippen LogP contribution is 2.25. The highest BCUT2D eigenvalue weighted by atomic mass is 16.3. The first kappa shape index (κ1) is 22.6. The molecule has 0 spiro atoms. The number of carbonyl (C=O) groups excluding carboxylic acids is 3. The standard InChI is InChI=1S/2C11H18O2/c2*1-2-3-4-5-9-6-10(12)8-11(13)7-9/h9H,2-8H2,1H3;8-9,12H,2-7H2,1H3. The van der Waals surface area contributed by atoms with Crippen LogP contribution in [-0.2, 0) is 14.4 Å². The van der Waals surface area contributed by atoms with Gasteiger partial charge in [-0.3, -0.25) is 14.4 Å². The van der Waals surface area contributed by atoms with Crippen molar-refractivity contribution in [3.8, 4) is 0 Å². The summed E-state index contributed by atoms with van der Waals surface area (Å²) in [6.45, 7) is 4.33. The number of hydrogen-bond donors (Lipinski definition) is 1. The fraction of sp³-hybridized carbons (Fsp3) is 0.773. The third-order valence-electron chi connectivity index (χ3n) is 5.17. The van der Waals surface area contributed by atoms with E-state index in [1.54, 1.807) is 0 Å². The number of Topliss-reactive ketones (excluding diaryl/α,β-unsaturated/α-hetero) is 2. The zero-order valence-corrected chi connectivity index (χ0v) is 16.6. The molecule has 0 aromatic carbocycles. The first-order valence-corrected chi connectivity index (χ1v) is 10.4. The Bertz CT molecular complexity index is 468. The minimum Gasteiger partial charge on any atom is -0.512 e. The molecule has 0 radical (unpaired) electrons. The van der Waals surface area contributed by atoms with Gasteiger partial charge in [0.1, 0.15) is 11.6 Å². The Morgan fingerprint density at radius 1 is 0.808 bits per heavy atom. The van der Waals surface area contributed by atoms with Crippen LogP contribution in [0.5, 0.6) is 0 Å². The Morgan fingerprint density at radius 2 is 1.31 bits per heavy atom. The van der Waals surface area contributed by atoms with Crippen molar-refractivity contribution >= 4 is 17.3 Å². The molecule has 1 atom stereocenters. The maximum absolute atomic E-state index is 11.1. The number of allylic oxidation sites excluding steroid dienone is 2. The van der Waals surface area contributed by atoms with Gasteiger partial charge < -0.3 is 5.11 Å². The molecule has 148 valence electrons. The van der Waals surface area contributed by atoms with Crippen LogP contribution in [0.4, 0.5) is 0 Å². The number of rotatable bonds is 8. The molecule has 0 saturated heterocycles. The van der Waals surface area contributed by atoms with Crippen LogP contribution < -0.4 is 0 Å². The lowest BCUT2D eigenvalue weighted by atomic mass is 9.84. The third-order valence-corrected chi connectivity index (χ3v) is 5.17. The van der Waals surface area contributed by atoms with Gasteiger partial charge in [0.2, 0.25) is 0 Å². The molecule has 2 aliphatic rings. The SMILES string of the molecule is CCCCCC1CC(=O)C=C(O)C1.CCCCCC1CC(=O)CC(=O)C1. The van der Waals surface area contributed by atoms with E-state index in [1.807, 2.05) is 0 Å². The van der Waals surface area contributed by atoms with E-state index in [0.29, 0.717) is 37.5 Å².